The molecule has 3 heterocycles. The van der Waals surface area contributed by atoms with Gasteiger partial charge in [0.15, 0.2) is 0 Å². The van der Waals surface area contributed by atoms with Crippen LogP contribution < -0.4 is 9.80 Å². The summed E-state index contributed by atoms with van der Waals surface area (Å²) in [6, 6.07) is 92.4. The third-order valence-electron chi connectivity index (χ3n) is 14.9. The molecule has 1 aliphatic carbocycles. The standard InChI is InChI=1S/C67H42N2O2S/c1-3-19-45(20-4-1)68(46-21-5-2-6-22-46)49-41-59(66-52-26-9-14-31-61(52)71-63(66)42-49)69(47-23-17-18-43(38-47)44-34-37-62-54(39-44)51-25-8-13-30-60(51)70-62)48-35-36-56-53(40-48)50-24-7-10-27-55(50)67(56)57-28-11-15-32-64(57)72-65-33-16-12-29-58(65)67/h1-42H. The van der Waals surface area contributed by atoms with E-state index < -0.39 is 5.41 Å². The first-order valence-electron chi connectivity index (χ1n) is 24.5. The van der Waals surface area contributed by atoms with Crippen molar-refractivity contribution in [2.75, 3.05) is 9.80 Å². The van der Waals surface area contributed by atoms with Crippen LogP contribution in [-0.4, -0.2) is 0 Å². The highest BCUT2D eigenvalue weighted by Gasteiger charge is 2.50. The first-order valence-corrected chi connectivity index (χ1v) is 25.3. The SMILES string of the molecule is c1ccc(N(c2ccccc2)c2cc(N(c3cccc(-c4ccc5oc6ccccc6c5c4)c3)c3ccc4c(c3)-c3ccccc3C43c4ccccc4Sc4ccccc43)c3c(c2)oc2ccccc23)cc1. The van der Waals surface area contributed by atoms with E-state index in [1.165, 1.54) is 43.2 Å². The molecule has 0 bridgehead atoms. The molecule has 0 amide bonds. The van der Waals surface area contributed by atoms with E-state index in [0.29, 0.717) is 0 Å². The van der Waals surface area contributed by atoms with Crippen LogP contribution in [0.25, 0.3) is 66.1 Å². The normalized spacial score (nSPS) is 13.1. The smallest absolute Gasteiger partial charge is 0.139 e. The van der Waals surface area contributed by atoms with E-state index in [-0.39, 0.29) is 0 Å². The van der Waals surface area contributed by atoms with Crippen LogP contribution >= 0.6 is 11.8 Å². The van der Waals surface area contributed by atoms with Gasteiger partial charge in [-0.1, -0.05) is 169 Å². The van der Waals surface area contributed by atoms with Gasteiger partial charge in [-0.3, -0.25) is 0 Å². The number of fused-ring (bicyclic) bond motifs is 15. The molecule has 0 N–H and O–H groups in total. The zero-order chi connectivity index (χ0) is 47.3. The lowest BCUT2D eigenvalue weighted by Gasteiger charge is -2.39. The molecule has 2 aliphatic rings. The molecule has 5 heteroatoms. The van der Waals surface area contributed by atoms with Crippen molar-refractivity contribution in [3.8, 4) is 22.3 Å². The maximum Gasteiger partial charge on any atom is 0.139 e. The lowest BCUT2D eigenvalue weighted by atomic mass is 9.67. The molecule has 0 saturated heterocycles. The Morgan fingerprint density at radius 1 is 0.306 bits per heavy atom. The van der Waals surface area contributed by atoms with Gasteiger partial charge in [-0.05, 0) is 136 Å². The van der Waals surface area contributed by atoms with Crippen LogP contribution in [0.4, 0.5) is 34.1 Å². The van der Waals surface area contributed by atoms with Crippen LogP contribution in [0.5, 0.6) is 0 Å². The Kier molecular flexibility index (Phi) is 9.07. The molecule has 13 aromatic rings. The highest BCUT2D eigenvalue weighted by molar-refractivity contribution is 7.99. The summed E-state index contributed by atoms with van der Waals surface area (Å²) in [5, 5.41) is 4.30. The molecule has 11 aromatic carbocycles. The molecule has 0 atom stereocenters. The van der Waals surface area contributed by atoms with Gasteiger partial charge in [-0.15, -0.1) is 0 Å². The molecule has 0 unspecified atom stereocenters. The van der Waals surface area contributed by atoms with Gasteiger partial charge in [0, 0.05) is 54.8 Å². The van der Waals surface area contributed by atoms with Crippen LogP contribution in [0.2, 0.25) is 0 Å². The monoisotopic (exact) mass is 938 g/mol. The first kappa shape index (κ1) is 40.8. The van der Waals surface area contributed by atoms with E-state index in [2.05, 4.69) is 252 Å². The van der Waals surface area contributed by atoms with Gasteiger partial charge in [0.1, 0.15) is 22.3 Å². The Hall–Kier alpha value is -9.03. The maximum atomic E-state index is 6.94. The van der Waals surface area contributed by atoms with Crippen molar-refractivity contribution in [2.24, 2.45) is 0 Å². The van der Waals surface area contributed by atoms with Crippen LogP contribution in [0.15, 0.2) is 273 Å². The Balaban J connectivity index is 1.02. The Labute approximate surface area is 420 Å². The van der Waals surface area contributed by atoms with Gasteiger partial charge >= 0.3 is 0 Å². The van der Waals surface area contributed by atoms with Crippen LogP contribution in [0.3, 0.4) is 0 Å². The predicted octanol–water partition coefficient (Wildman–Crippen LogP) is 18.9. The third kappa shape index (κ3) is 6.08. The van der Waals surface area contributed by atoms with Crippen molar-refractivity contribution in [3.05, 3.63) is 277 Å². The van der Waals surface area contributed by atoms with Gasteiger partial charge in [-0.2, -0.15) is 0 Å². The molecule has 15 rings (SSSR count). The fraction of sp³-hybridized carbons (Fsp3) is 0.0149. The van der Waals surface area contributed by atoms with Crippen molar-refractivity contribution in [1.29, 1.82) is 0 Å². The molecular formula is C67H42N2O2S. The second kappa shape index (κ2) is 16.0. The van der Waals surface area contributed by atoms with Gasteiger partial charge in [0.05, 0.1) is 22.2 Å². The summed E-state index contributed by atoms with van der Waals surface area (Å²) in [7, 11) is 0. The Bertz CT molecular complexity index is 4200. The molecule has 72 heavy (non-hydrogen) atoms. The minimum absolute atomic E-state index is 0.497. The molecular weight excluding hydrogens is 897 g/mol. The summed E-state index contributed by atoms with van der Waals surface area (Å²) in [4.78, 5) is 7.36. The second-order valence-electron chi connectivity index (χ2n) is 18.8. The number of furan rings is 2. The lowest BCUT2D eigenvalue weighted by Crippen LogP contribution is -2.31. The fourth-order valence-corrected chi connectivity index (χ4v) is 13.1. The van der Waals surface area contributed by atoms with E-state index in [4.69, 9.17) is 8.83 Å². The van der Waals surface area contributed by atoms with Crippen molar-refractivity contribution < 1.29 is 8.83 Å². The molecule has 1 aliphatic heterocycles. The zero-order valence-electron chi connectivity index (χ0n) is 38.9. The molecule has 2 aromatic heterocycles. The van der Waals surface area contributed by atoms with Crippen molar-refractivity contribution in [2.45, 2.75) is 15.2 Å². The topological polar surface area (TPSA) is 32.8 Å². The van der Waals surface area contributed by atoms with E-state index in [1.807, 2.05) is 23.9 Å². The molecule has 0 saturated carbocycles. The van der Waals surface area contributed by atoms with Gasteiger partial charge < -0.3 is 18.6 Å². The lowest BCUT2D eigenvalue weighted by molar-refractivity contribution is 0.668. The number of benzene rings is 11. The maximum absolute atomic E-state index is 6.94. The van der Waals surface area contributed by atoms with Crippen molar-refractivity contribution >= 4 is 89.8 Å². The minimum atomic E-state index is -0.497. The summed E-state index contributed by atoms with van der Waals surface area (Å²) in [6.07, 6.45) is 0. The Morgan fingerprint density at radius 3 is 1.61 bits per heavy atom. The number of nitrogens with zero attached hydrogens (tertiary/aromatic N) is 2. The average Bonchev–Trinajstić information content (AvgIpc) is 4.10. The summed E-state index contributed by atoms with van der Waals surface area (Å²) < 4.78 is 13.2. The largest absolute Gasteiger partial charge is 0.456 e. The first-order chi connectivity index (χ1) is 35.7. The molecule has 4 nitrogen and oxygen atoms in total. The third-order valence-corrected chi connectivity index (χ3v) is 16.0. The fourth-order valence-electron chi connectivity index (χ4n) is 11.9. The molecule has 0 fully saturated rings. The van der Waals surface area contributed by atoms with Crippen LogP contribution in [-0.2, 0) is 5.41 Å². The predicted molar refractivity (Wildman–Crippen MR) is 297 cm³/mol. The summed E-state index contributed by atoms with van der Waals surface area (Å²) in [6.45, 7) is 0. The average molecular weight is 939 g/mol. The second-order valence-corrected chi connectivity index (χ2v) is 19.8. The highest BCUT2D eigenvalue weighted by atomic mass is 32.2. The summed E-state index contributed by atoms with van der Waals surface area (Å²) in [5.41, 5.74) is 18.9. The van der Waals surface area contributed by atoms with Crippen molar-refractivity contribution in [3.63, 3.8) is 0 Å². The van der Waals surface area contributed by atoms with Gasteiger partial charge in [-0.25, -0.2) is 0 Å². The number of para-hydroxylation sites is 4. The number of rotatable bonds is 7. The highest BCUT2D eigenvalue weighted by Crippen LogP contribution is 2.63. The number of anilines is 6. The molecule has 0 radical (unpaired) electrons. The zero-order valence-corrected chi connectivity index (χ0v) is 39.7. The quantitative estimate of drug-likeness (QED) is 0.159. The number of hydrogen-bond acceptors (Lipinski definition) is 5. The van der Waals surface area contributed by atoms with Gasteiger partial charge in [0.2, 0.25) is 0 Å². The van der Waals surface area contributed by atoms with Crippen molar-refractivity contribution in [1.82, 2.24) is 0 Å². The minimum Gasteiger partial charge on any atom is -0.456 e. The number of hydrogen-bond donors (Lipinski definition) is 0. The molecule has 1 spiro atoms. The summed E-state index contributed by atoms with van der Waals surface area (Å²) in [5.74, 6) is 0. The van der Waals surface area contributed by atoms with E-state index in [1.54, 1.807) is 0 Å². The molecule has 338 valence electrons. The van der Waals surface area contributed by atoms with E-state index in [0.717, 1.165) is 89.1 Å². The van der Waals surface area contributed by atoms with E-state index in [9.17, 15) is 0 Å². The van der Waals surface area contributed by atoms with Crippen LogP contribution in [0.1, 0.15) is 22.3 Å². The van der Waals surface area contributed by atoms with Crippen LogP contribution in [0, 0.1) is 0 Å². The summed E-state index contributed by atoms with van der Waals surface area (Å²) >= 11 is 1.87. The van der Waals surface area contributed by atoms with Gasteiger partial charge in [0.25, 0.3) is 0 Å². The Morgan fingerprint density at radius 2 is 0.861 bits per heavy atom. The van der Waals surface area contributed by atoms with E-state index >= 15 is 0 Å².